The molecule has 0 spiro atoms. The van der Waals surface area contributed by atoms with Crippen LogP contribution in [-0.4, -0.2) is 36.7 Å². The fourth-order valence-electron chi connectivity index (χ4n) is 2.42. The number of rotatable bonds is 4. The molecule has 5 nitrogen and oxygen atoms in total. The third-order valence-electron chi connectivity index (χ3n) is 3.12. The molecule has 0 aliphatic carbocycles. The van der Waals surface area contributed by atoms with Crippen LogP contribution in [0.15, 0.2) is 12.1 Å². The lowest BCUT2D eigenvalue weighted by atomic mass is 10.1. The van der Waals surface area contributed by atoms with Gasteiger partial charge in [0.25, 0.3) is 0 Å². The maximum atomic E-state index is 12.0. The van der Waals surface area contributed by atoms with Gasteiger partial charge in [0.2, 0.25) is 5.91 Å². The Balaban J connectivity index is 2.04. The summed E-state index contributed by atoms with van der Waals surface area (Å²) in [7, 11) is 1.90. The van der Waals surface area contributed by atoms with E-state index in [-0.39, 0.29) is 18.2 Å². The zero-order chi connectivity index (χ0) is 16.3. The monoisotopic (exact) mass is 326 g/mol. The standard InChI is InChI=1S/C16H23ClN2O3/c1-16(2,3)18-14(20)8-19(4)7-11-5-13(17)6-12-9-21-10-22-15(11)12/h5-6H,7-10H2,1-4H3,(H,18,20). The molecule has 1 aliphatic rings. The topological polar surface area (TPSA) is 50.8 Å². The molecule has 0 bridgehead atoms. The number of hydrogen-bond acceptors (Lipinski definition) is 4. The van der Waals surface area contributed by atoms with Crippen LogP contribution in [0.1, 0.15) is 31.9 Å². The van der Waals surface area contributed by atoms with Crippen LogP contribution in [0, 0.1) is 0 Å². The van der Waals surface area contributed by atoms with Gasteiger partial charge in [0.15, 0.2) is 6.79 Å². The molecule has 122 valence electrons. The Morgan fingerprint density at radius 2 is 2.14 bits per heavy atom. The first-order chi connectivity index (χ1) is 10.2. The van der Waals surface area contributed by atoms with E-state index in [0.717, 1.165) is 16.9 Å². The summed E-state index contributed by atoms with van der Waals surface area (Å²) in [6, 6.07) is 3.73. The molecule has 0 unspecified atom stereocenters. The highest BCUT2D eigenvalue weighted by atomic mass is 35.5. The third kappa shape index (κ3) is 4.87. The highest BCUT2D eigenvalue weighted by molar-refractivity contribution is 6.30. The smallest absolute Gasteiger partial charge is 0.234 e. The predicted octanol–water partition coefficient (Wildman–Crippen LogP) is 2.55. The van der Waals surface area contributed by atoms with Crippen LogP contribution >= 0.6 is 11.6 Å². The van der Waals surface area contributed by atoms with E-state index in [9.17, 15) is 4.79 Å². The van der Waals surface area contributed by atoms with Crippen molar-refractivity contribution in [1.29, 1.82) is 0 Å². The summed E-state index contributed by atoms with van der Waals surface area (Å²) in [5, 5.41) is 3.60. The van der Waals surface area contributed by atoms with E-state index < -0.39 is 0 Å². The van der Waals surface area contributed by atoms with Crippen LogP contribution in [0.4, 0.5) is 0 Å². The van der Waals surface area contributed by atoms with Gasteiger partial charge in [-0.05, 0) is 40.0 Å². The van der Waals surface area contributed by atoms with Crippen molar-refractivity contribution in [1.82, 2.24) is 10.2 Å². The number of carbonyl (C=O) groups excluding carboxylic acids is 1. The first-order valence-corrected chi connectivity index (χ1v) is 7.64. The molecule has 0 atom stereocenters. The number of halogens is 1. The maximum Gasteiger partial charge on any atom is 0.234 e. The van der Waals surface area contributed by atoms with Gasteiger partial charge in [-0.15, -0.1) is 0 Å². The molecule has 1 N–H and O–H groups in total. The van der Waals surface area contributed by atoms with Gasteiger partial charge in [-0.3, -0.25) is 9.69 Å². The first kappa shape index (κ1) is 17.1. The predicted molar refractivity (Wildman–Crippen MR) is 86.0 cm³/mol. The largest absolute Gasteiger partial charge is 0.467 e. The lowest BCUT2D eigenvalue weighted by Crippen LogP contribution is -2.45. The average Bonchev–Trinajstić information content (AvgIpc) is 2.35. The summed E-state index contributed by atoms with van der Waals surface area (Å²) in [6.45, 7) is 7.53. The summed E-state index contributed by atoms with van der Waals surface area (Å²) in [5.74, 6) is 0.814. The van der Waals surface area contributed by atoms with E-state index in [1.807, 2.05) is 44.9 Å². The summed E-state index contributed by atoms with van der Waals surface area (Å²) < 4.78 is 10.9. The van der Waals surface area contributed by atoms with E-state index in [1.54, 1.807) is 0 Å². The zero-order valence-electron chi connectivity index (χ0n) is 13.5. The Labute approximate surface area is 136 Å². The number of carbonyl (C=O) groups is 1. The minimum Gasteiger partial charge on any atom is -0.467 e. The first-order valence-electron chi connectivity index (χ1n) is 7.26. The molecule has 0 radical (unpaired) electrons. The molecule has 0 saturated heterocycles. The van der Waals surface area contributed by atoms with Crippen molar-refractivity contribution in [2.45, 2.75) is 39.5 Å². The fraction of sp³-hybridized carbons (Fsp3) is 0.562. The van der Waals surface area contributed by atoms with Crippen LogP contribution in [-0.2, 0) is 22.7 Å². The number of nitrogens with one attached hydrogen (secondary N) is 1. The summed E-state index contributed by atoms with van der Waals surface area (Å²) in [4.78, 5) is 13.9. The van der Waals surface area contributed by atoms with Gasteiger partial charge in [-0.25, -0.2) is 0 Å². The number of likely N-dealkylation sites (N-methyl/N-ethyl adjacent to an activating group) is 1. The molecule has 22 heavy (non-hydrogen) atoms. The minimum absolute atomic E-state index is 0.00449. The van der Waals surface area contributed by atoms with Crippen LogP contribution in [0.2, 0.25) is 5.02 Å². The second-order valence-electron chi connectivity index (χ2n) is 6.63. The number of hydrogen-bond donors (Lipinski definition) is 1. The second kappa shape index (κ2) is 6.86. The number of fused-ring (bicyclic) bond motifs is 1. The van der Waals surface area contributed by atoms with Crippen LogP contribution in [0.3, 0.4) is 0 Å². The molecule has 2 rings (SSSR count). The van der Waals surface area contributed by atoms with Gasteiger partial charge in [0.1, 0.15) is 5.75 Å². The summed E-state index contributed by atoms with van der Waals surface area (Å²) >= 11 is 6.15. The van der Waals surface area contributed by atoms with Gasteiger partial charge in [-0.2, -0.15) is 0 Å². The molecule has 0 aromatic heterocycles. The molecule has 1 amide bonds. The number of nitrogens with zero attached hydrogens (tertiary/aromatic N) is 1. The molecule has 1 aliphatic heterocycles. The molecule has 0 fully saturated rings. The Morgan fingerprint density at radius 3 is 2.82 bits per heavy atom. The minimum atomic E-state index is -0.229. The summed E-state index contributed by atoms with van der Waals surface area (Å²) in [6.07, 6.45) is 0. The third-order valence-corrected chi connectivity index (χ3v) is 3.34. The molecule has 1 heterocycles. The Bertz CT molecular complexity index is 555. The van der Waals surface area contributed by atoms with Crippen molar-refractivity contribution in [2.24, 2.45) is 0 Å². The highest BCUT2D eigenvalue weighted by Gasteiger charge is 2.19. The van der Waals surface area contributed by atoms with Crippen LogP contribution in [0.25, 0.3) is 0 Å². The van der Waals surface area contributed by atoms with E-state index in [1.165, 1.54) is 0 Å². The molecule has 1 aromatic rings. The van der Waals surface area contributed by atoms with Crippen molar-refractivity contribution < 1.29 is 14.3 Å². The molecular formula is C16H23ClN2O3. The van der Waals surface area contributed by atoms with Crippen molar-refractivity contribution in [3.63, 3.8) is 0 Å². The quantitative estimate of drug-likeness (QED) is 0.924. The second-order valence-corrected chi connectivity index (χ2v) is 7.07. The Kier molecular flexibility index (Phi) is 5.32. The van der Waals surface area contributed by atoms with E-state index in [4.69, 9.17) is 21.1 Å². The van der Waals surface area contributed by atoms with Crippen molar-refractivity contribution in [2.75, 3.05) is 20.4 Å². The van der Waals surface area contributed by atoms with Gasteiger partial charge in [-0.1, -0.05) is 11.6 Å². The molecule has 6 heteroatoms. The van der Waals surface area contributed by atoms with Crippen LogP contribution < -0.4 is 10.1 Å². The Morgan fingerprint density at radius 1 is 1.41 bits per heavy atom. The van der Waals surface area contributed by atoms with Crippen molar-refractivity contribution >= 4 is 17.5 Å². The highest BCUT2D eigenvalue weighted by Crippen LogP contribution is 2.32. The van der Waals surface area contributed by atoms with E-state index in [2.05, 4.69) is 5.32 Å². The van der Waals surface area contributed by atoms with Gasteiger partial charge >= 0.3 is 0 Å². The summed E-state index contributed by atoms with van der Waals surface area (Å²) in [5.41, 5.74) is 1.69. The number of ether oxygens (including phenoxy) is 2. The molecular weight excluding hydrogens is 304 g/mol. The Hall–Kier alpha value is -1.30. The van der Waals surface area contributed by atoms with Crippen molar-refractivity contribution in [3.8, 4) is 5.75 Å². The molecule has 1 aromatic carbocycles. The molecule has 0 saturated carbocycles. The lowest BCUT2D eigenvalue weighted by molar-refractivity contribution is -0.123. The zero-order valence-corrected chi connectivity index (χ0v) is 14.3. The van der Waals surface area contributed by atoms with E-state index in [0.29, 0.717) is 24.7 Å². The SMILES string of the molecule is CN(CC(=O)NC(C)(C)C)Cc1cc(Cl)cc2c1OCOC2. The van der Waals surface area contributed by atoms with E-state index >= 15 is 0 Å². The van der Waals surface area contributed by atoms with Gasteiger partial charge in [0, 0.05) is 28.2 Å². The normalized spacial score (nSPS) is 14.5. The number of amides is 1. The average molecular weight is 327 g/mol. The van der Waals surface area contributed by atoms with Crippen molar-refractivity contribution in [3.05, 3.63) is 28.3 Å². The van der Waals surface area contributed by atoms with Crippen LogP contribution in [0.5, 0.6) is 5.75 Å². The fourth-order valence-corrected chi connectivity index (χ4v) is 2.69. The maximum absolute atomic E-state index is 12.0. The number of benzene rings is 1. The lowest BCUT2D eigenvalue weighted by Gasteiger charge is -2.25. The van der Waals surface area contributed by atoms with Gasteiger partial charge < -0.3 is 14.8 Å². The van der Waals surface area contributed by atoms with Gasteiger partial charge in [0.05, 0.1) is 13.2 Å².